The van der Waals surface area contributed by atoms with Gasteiger partial charge in [0.2, 0.25) is 0 Å². The fourth-order valence-electron chi connectivity index (χ4n) is 4.56. The Kier molecular flexibility index (Phi) is 11.0. The van der Waals surface area contributed by atoms with E-state index in [9.17, 15) is 19.2 Å². The Hall–Kier alpha value is -4.77. The van der Waals surface area contributed by atoms with Gasteiger partial charge in [-0.15, -0.1) is 0 Å². The Bertz CT molecular complexity index is 1570. The summed E-state index contributed by atoms with van der Waals surface area (Å²) in [6.07, 6.45) is 0. The van der Waals surface area contributed by atoms with Gasteiger partial charge in [-0.3, -0.25) is 29.0 Å². The minimum Gasteiger partial charge on any atom is -0.497 e. The standard InChI is InChI=1S/C20H20N2O4.C13H12ClNO3/c1-25-13-12-22-19(23)17(14-6-4-3-5-7-14)18(20(22)24)21-15-8-10-16(26-2)11-9-15;1-18-8-7-15-12(16)10(11(14)13(15)17)9-5-3-2-4-6-9/h3-11,21H,12-13H2,1-2H3;2-6H,7-8H2,1H3. The number of ether oxygens (including phenoxy) is 3. The van der Waals surface area contributed by atoms with Crippen LogP contribution in [0.5, 0.6) is 5.75 Å². The molecule has 3 aromatic rings. The van der Waals surface area contributed by atoms with Crippen molar-refractivity contribution in [1.82, 2.24) is 9.80 Å². The van der Waals surface area contributed by atoms with Gasteiger partial charge >= 0.3 is 0 Å². The van der Waals surface area contributed by atoms with E-state index < -0.39 is 5.91 Å². The molecule has 2 aliphatic rings. The van der Waals surface area contributed by atoms with E-state index in [1.807, 2.05) is 36.4 Å². The van der Waals surface area contributed by atoms with Crippen LogP contribution >= 0.6 is 11.6 Å². The van der Waals surface area contributed by atoms with Crippen molar-refractivity contribution in [3.05, 3.63) is 107 Å². The van der Waals surface area contributed by atoms with Crippen molar-refractivity contribution in [1.29, 1.82) is 0 Å². The van der Waals surface area contributed by atoms with E-state index >= 15 is 0 Å². The summed E-state index contributed by atoms with van der Waals surface area (Å²) >= 11 is 5.96. The summed E-state index contributed by atoms with van der Waals surface area (Å²) in [5, 5.41) is 3.07. The number of halogens is 1. The Morgan fingerprint density at radius 3 is 1.59 bits per heavy atom. The summed E-state index contributed by atoms with van der Waals surface area (Å²) in [4.78, 5) is 52.0. The van der Waals surface area contributed by atoms with Crippen molar-refractivity contribution in [2.24, 2.45) is 0 Å². The number of anilines is 1. The molecule has 1 N–H and O–H groups in total. The second-order valence-electron chi connectivity index (χ2n) is 9.53. The third-order valence-electron chi connectivity index (χ3n) is 6.80. The zero-order chi connectivity index (χ0) is 31.6. The first-order valence-corrected chi connectivity index (χ1v) is 14.1. The van der Waals surface area contributed by atoms with Crippen LogP contribution in [-0.2, 0) is 28.7 Å². The first-order chi connectivity index (χ1) is 21.3. The van der Waals surface area contributed by atoms with Gasteiger partial charge < -0.3 is 19.5 Å². The highest BCUT2D eigenvalue weighted by molar-refractivity contribution is 6.55. The average molecular weight is 618 g/mol. The van der Waals surface area contributed by atoms with Crippen molar-refractivity contribution >= 4 is 52.1 Å². The molecule has 0 aromatic heterocycles. The van der Waals surface area contributed by atoms with Gasteiger partial charge in [-0.25, -0.2) is 0 Å². The van der Waals surface area contributed by atoms with Crippen LogP contribution < -0.4 is 10.1 Å². The number of carbonyl (C=O) groups excluding carboxylic acids is 4. The van der Waals surface area contributed by atoms with Crippen molar-refractivity contribution in [2.45, 2.75) is 0 Å². The zero-order valence-electron chi connectivity index (χ0n) is 24.5. The second kappa shape index (κ2) is 15.1. The zero-order valence-corrected chi connectivity index (χ0v) is 25.3. The molecule has 0 unspecified atom stereocenters. The first-order valence-electron chi connectivity index (χ1n) is 13.7. The summed E-state index contributed by atoms with van der Waals surface area (Å²) < 4.78 is 15.0. The number of amides is 4. The van der Waals surface area contributed by atoms with Gasteiger partial charge in [-0.2, -0.15) is 0 Å². The maximum absolute atomic E-state index is 12.9. The molecule has 11 heteroatoms. The predicted octanol–water partition coefficient (Wildman–Crippen LogP) is 4.19. The van der Waals surface area contributed by atoms with Gasteiger partial charge in [0.15, 0.2) is 0 Å². The molecule has 0 atom stereocenters. The topological polar surface area (TPSA) is 114 Å². The highest BCUT2D eigenvalue weighted by Crippen LogP contribution is 2.32. The van der Waals surface area contributed by atoms with Crippen LogP contribution in [0.25, 0.3) is 11.1 Å². The number of imide groups is 2. The third-order valence-corrected chi connectivity index (χ3v) is 7.15. The van der Waals surface area contributed by atoms with Crippen molar-refractivity contribution in [2.75, 3.05) is 52.9 Å². The smallest absolute Gasteiger partial charge is 0.278 e. The molecule has 0 saturated carbocycles. The van der Waals surface area contributed by atoms with Crippen LogP contribution in [-0.4, -0.2) is 81.1 Å². The number of nitrogens with zero attached hydrogens (tertiary/aromatic N) is 2. The minimum absolute atomic E-state index is 0.0256. The lowest BCUT2D eigenvalue weighted by Crippen LogP contribution is -2.35. The maximum Gasteiger partial charge on any atom is 0.278 e. The predicted molar refractivity (Wildman–Crippen MR) is 166 cm³/mol. The molecular formula is C33H32ClN3O7. The number of hydrogen-bond donors (Lipinski definition) is 1. The molecule has 0 bridgehead atoms. The molecule has 0 fully saturated rings. The van der Waals surface area contributed by atoms with Gasteiger partial charge in [0, 0.05) is 19.9 Å². The molecule has 44 heavy (non-hydrogen) atoms. The van der Waals surface area contributed by atoms with Crippen molar-refractivity contribution in [3.63, 3.8) is 0 Å². The average Bonchev–Trinajstić information content (AvgIpc) is 3.41. The maximum atomic E-state index is 12.9. The Morgan fingerprint density at radius 2 is 1.09 bits per heavy atom. The molecule has 0 spiro atoms. The highest BCUT2D eigenvalue weighted by Gasteiger charge is 2.39. The molecule has 10 nitrogen and oxygen atoms in total. The molecule has 228 valence electrons. The summed E-state index contributed by atoms with van der Waals surface area (Å²) in [5.74, 6) is -0.801. The van der Waals surface area contributed by atoms with Gasteiger partial charge in [0.1, 0.15) is 16.5 Å². The Morgan fingerprint density at radius 1 is 0.614 bits per heavy atom. The minimum atomic E-state index is -0.461. The van der Waals surface area contributed by atoms with Crippen LogP contribution in [0.1, 0.15) is 11.1 Å². The Labute approximate surface area is 260 Å². The van der Waals surface area contributed by atoms with E-state index in [2.05, 4.69) is 5.32 Å². The summed E-state index contributed by atoms with van der Waals surface area (Å²) in [5.41, 5.74) is 2.94. The SMILES string of the molecule is COCCN1C(=O)C(Cl)=C(c2ccccc2)C1=O.COCCN1C(=O)C(Nc2ccc(OC)cc2)=C(c2ccccc2)C1=O. The van der Waals surface area contributed by atoms with Gasteiger partial charge in [0.25, 0.3) is 23.6 Å². The lowest BCUT2D eigenvalue weighted by Gasteiger charge is -2.14. The summed E-state index contributed by atoms with van der Waals surface area (Å²) in [7, 11) is 4.64. The second-order valence-corrected chi connectivity index (χ2v) is 9.91. The number of nitrogens with one attached hydrogen (secondary N) is 1. The fraction of sp³-hybridized carbons (Fsp3) is 0.212. The number of rotatable bonds is 11. The molecule has 0 aliphatic carbocycles. The first kappa shape index (κ1) is 32.2. The van der Waals surface area contributed by atoms with Gasteiger partial charge in [-0.1, -0.05) is 72.3 Å². The van der Waals surface area contributed by atoms with E-state index in [4.69, 9.17) is 25.8 Å². The number of carbonyl (C=O) groups is 4. The van der Waals surface area contributed by atoms with Crippen molar-refractivity contribution < 1.29 is 33.4 Å². The van der Waals surface area contributed by atoms with E-state index in [1.165, 1.54) is 19.1 Å². The normalized spacial score (nSPS) is 14.8. The largest absolute Gasteiger partial charge is 0.497 e. The van der Waals surface area contributed by atoms with Crippen molar-refractivity contribution in [3.8, 4) is 5.75 Å². The van der Waals surface area contributed by atoms with Crippen LogP contribution in [0.3, 0.4) is 0 Å². The Balaban J connectivity index is 0.000000215. The van der Waals surface area contributed by atoms with E-state index in [0.29, 0.717) is 34.7 Å². The number of hydrogen-bond acceptors (Lipinski definition) is 8. The van der Waals surface area contributed by atoms with E-state index in [-0.39, 0.29) is 53.7 Å². The van der Waals surface area contributed by atoms with E-state index in [1.54, 1.807) is 55.6 Å². The summed E-state index contributed by atoms with van der Waals surface area (Å²) in [6, 6.07) is 25.3. The number of benzene rings is 3. The fourth-order valence-corrected chi connectivity index (χ4v) is 4.85. The molecule has 2 heterocycles. The highest BCUT2D eigenvalue weighted by atomic mass is 35.5. The van der Waals surface area contributed by atoms with Crippen LogP contribution in [0, 0.1) is 0 Å². The molecule has 2 aliphatic heterocycles. The third kappa shape index (κ3) is 7.05. The van der Waals surface area contributed by atoms with E-state index in [0.717, 1.165) is 4.90 Å². The molecule has 4 amide bonds. The lowest BCUT2D eigenvalue weighted by atomic mass is 10.0. The van der Waals surface area contributed by atoms with Gasteiger partial charge in [-0.05, 0) is 35.4 Å². The van der Waals surface area contributed by atoms with Crippen LogP contribution in [0.4, 0.5) is 5.69 Å². The van der Waals surface area contributed by atoms with Crippen LogP contribution in [0.2, 0.25) is 0 Å². The number of methoxy groups -OCH3 is 3. The monoisotopic (exact) mass is 617 g/mol. The molecule has 3 aromatic carbocycles. The summed E-state index contributed by atoms with van der Waals surface area (Å²) in [6.45, 7) is 0.998. The molecule has 0 radical (unpaired) electrons. The lowest BCUT2D eigenvalue weighted by molar-refractivity contribution is -0.138. The molecule has 0 saturated heterocycles. The van der Waals surface area contributed by atoms with Crippen LogP contribution in [0.15, 0.2) is 95.7 Å². The van der Waals surface area contributed by atoms with Gasteiger partial charge in [0.05, 0.1) is 44.6 Å². The molecule has 5 rings (SSSR count). The quantitative estimate of drug-likeness (QED) is 0.319. The molecular weight excluding hydrogens is 586 g/mol.